The van der Waals surface area contributed by atoms with E-state index in [1.54, 1.807) is 24.5 Å². The minimum Gasteiger partial charge on any atom is -0.320 e. The van der Waals surface area contributed by atoms with E-state index in [0.717, 1.165) is 27.5 Å². The van der Waals surface area contributed by atoms with Crippen LogP contribution in [0, 0.1) is 9.49 Å². The fourth-order valence-corrected chi connectivity index (χ4v) is 3.14. The van der Waals surface area contributed by atoms with E-state index < -0.39 is 0 Å². The normalized spacial score (nSPS) is 13.0. The molecule has 1 fully saturated rings. The fraction of sp³-hybridized carbons (Fsp3) is 0.143. The summed E-state index contributed by atoms with van der Waals surface area (Å²) in [5.41, 5.74) is 2.91. The number of anilines is 2. The number of rotatable bonds is 5. The van der Waals surface area contributed by atoms with E-state index in [4.69, 9.17) is 0 Å². The lowest BCUT2D eigenvalue weighted by Gasteiger charge is -2.11. The molecule has 7 heteroatoms. The molecular weight excluding hydrogens is 467 g/mol. The first kappa shape index (κ1) is 18.5. The molecule has 0 spiro atoms. The molecule has 2 aromatic heterocycles. The predicted octanol–water partition coefficient (Wildman–Crippen LogP) is 4.35. The van der Waals surface area contributed by atoms with E-state index in [2.05, 4.69) is 43.2 Å². The van der Waals surface area contributed by atoms with E-state index in [1.165, 1.54) is 6.20 Å². The first-order valence-electron chi connectivity index (χ1n) is 8.88. The molecule has 1 aliphatic carbocycles. The Hall–Kier alpha value is -2.81. The third-order valence-corrected chi connectivity index (χ3v) is 5.17. The molecular formula is C21H17IN4O2. The van der Waals surface area contributed by atoms with Crippen LogP contribution < -0.4 is 10.6 Å². The van der Waals surface area contributed by atoms with Crippen molar-refractivity contribution >= 4 is 45.9 Å². The number of hydrogen-bond acceptors (Lipinski definition) is 4. The molecule has 2 heterocycles. The van der Waals surface area contributed by atoms with Gasteiger partial charge < -0.3 is 10.6 Å². The zero-order valence-corrected chi connectivity index (χ0v) is 17.0. The molecule has 0 unspecified atom stereocenters. The Balaban J connectivity index is 1.54. The van der Waals surface area contributed by atoms with Gasteiger partial charge in [-0.25, -0.2) is 4.98 Å². The van der Waals surface area contributed by atoms with Gasteiger partial charge in [0.05, 0.1) is 11.9 Å². The average molecular weight is 484 g/mol. The van der Waals surface area contributed by atoms with Crippen LogP contribution in [0.3, 0.4) is 0 Å². The summed E-state index contributed by atoms with van der Waals surface area (Å²) in [7, 11) is 0. The maximum absolute atomic E-state index is 12.8. The highest BCUT2D eigenvalue weighted by molar-refractivity contribution is 14.1. The lowest BCUT2D eigenvalue weighted by molar-refractivity contribution is -0.117. The van der Waals surface area contributed by atoms with Crippen molar-refractivity contribution in [3.63, 3.8) is 0 Å². The predicted molar refractivity (Wildman–Crippen MR) is 116 cm³/mol. The number of aromatic nitrogens is 2. The number of nitrogens with zero attached hydrogens (tertiary/aromatic N) is 2. The molecule has 0 atom stereocenters. The van der Waals surface area contributed by atoms with E-state index in [-0.39, 0.29) is 17.7 Å². The molecule has 4 rings (SSSR count). The summed E-state index contributed by atoms with van der Waals surface area (Å²) in [6.07, 6.45) is 6.66. The largest absolute Gasteiger partial charge is 0.320 e. The van der Waals surface area contributed by atoms with E-state index >= 15 is 0 Å². The van der Waals surface area contributed by atoms with Crippen LogP contribution in [0.15, 0.2) is 61.1 Å². The van der Waals surface area contributed by atoms with Crippen LogP contribution in [0.4, 0.5) is 11.5 Å². The third kappa shape index (κ3) is 4.36. The number of carbonyl (C=O) groups is 2. The van der Waals surface area contributed by atoms with Gasteiger partial charge in [-0.3, -0.25) is 14.6 Å². The molecule has 6 nitrogen and oxygen atoms in total. The summed E-state index contributed by atoms with van der Waals surface area (Å²) < 4.78 is 1.14. The van der Waals surface area contributed by atoms with E-state index in [1.807, 2.05) is 30.3 Å². The number of carbonyl (C=O) groups excluding carboxylic acids is 2. The van der Waals surface area contributed by atoms with Crippen molar-refractivity contribution < 1.29 is 9.59 Å². The van der Waals surface area contributed by atoms with E-state index in [0.29, 0.717) is 17.1 Å². The van der Waals surface area contributed by atoms with Crippen LogP contribution in [-0.2, 0) is 4.79 Å². The number of pyridine rings is 2. The van der Waals surface area contributed by atoms with Crippen LogP contribution in [0.1, 0.15) is 23.2 Å². The van der Waals surface area contributed by atoms with Crippen LogP contribution >= 0.6 is 22.6 Å². The number of amides is 2. The molecule has 3 aromatic rings. The molecule has 0 radical (unpaired) electrons. The Morgan fingerprint density at radius 2 is 1.79 bits per heavy atom. The summed E-state index contributed by atoms with van der Waals surface area (Å²) in [5.74, 6) is 0.127. The Morgan fingerprint density at radius 3 is 2.54 bits per heavy atom. The second-order valence-electron chi connectivity index (χ2n) is 6.58. The van der Waals surface area contributed by atoms with Crippen LogP contribution in [-0.4, -0.2) is 21.8 Å². The number of nitrogens with one attached hydrogen (secondary N) is 2. The maximum Gasteiger partial charge on any atom is 0.255 e. The minimum absolute atomic E-state index is 0.0432. The van der Waals surface area contributed by atoms with Crippen molar-refractivity contribution in [3.05, 3.63) is 70.2 Å². The molecule has 1 aliphatic rings. The van der Waals surface area contributed by atoms with Gasteiger partial charge in [-0.15, -0.1) is 0 Å². The summed E-state index contributed by atoms with van der Waals surface area (Å²) in [4.78, 5) is 32.9. The number of hydrogen-bond donors (Lipinski definition) is 2. The smallest absolute Gasteiger partial charge is 0.255 e. The second kappa shape index (κ2) is 8.05. The van der Waals surface area contributed by atoms with Gasteiger partial charge in [0.1, 0.15) is 5.82 Å². The molecule has 1 saturated carbocycles. The molecule has 2 N–H and O–H groups in total. The van der Waals surface area contributed by atoms with E-state index in [9.17, 15) is 9.59 Å². The average Bonchev–Trinajstić information content (AvgIpc) is 3.55. The number of benzene rings is 1. The summed E-state index contributed by atoms with van der Waals surface area (Å²) in [5, 5.41) is 5.67. The minimum atomic E-state index is -0.288. The Bertz CT molecular complexity index is 1030. The first-order chi connectivity index (χ1) is 13.6. The summed E-state index contributed by atoms with van der Waals surface area (Å²) >= 11 is 2.25. The van der Waals surface area contributed by atoms with Crippen molar-refractivity contribution in [3.8, 4) is 11.1 Å². The van der Waals surface area contributed by atoms with Crippen molar-refractivity contribution in [1.82, 2.24) is 9.97 Å². The first-order valence-corrected chi connectivity index (χ1v) is 9.96. The highest BCUT2D eigenvalue weighted by Gasteiger charge is 2.29. The van der Waals surface area contributed by atoms with Crippen molar-refractivity contribution in [2.24, 2.45) is 5.92 Å². The van der Waals surface area contributed by atoms with Crippen molar-refractivity contribution in [2.75, 3.05) is 10.6 Å². The standard InChI is InChI=1S/C21H17IN4O2/c22-16-5-3-13(4-6-16)17-8-9-23-12-18(17)25-21(28)15-7-10-24-19(11-15)26-20(27)14-1-2-14/h3-12,14H,1-2H2,(H,25,28)(H,24,26,27). The SMILES string of the molecule is O=C(Nc1cnccc1-c1ccc(I)cc1)c1ccnc(NC(=O)C2CC2)c1. The highest BCUT2D eigenvalue weighted by atomic mass is 127. The van der Waals surface area contributed by atoms with Crippen LogP contribution in [0.2, 0.25) is 0 Å². The molecule has 0 saturated heterocycles. The third-order valence-electron chi connectivity index (χ3n) is 4.45. The lowest BCUT2D eigenvalue weighted by atomic mass is 10.1. The molecule has 0 aliphatic heterocycles. The lowest BCUT2D eigenvalue weighted by Crippen LogP contribution is -2.16. The van der Waals surface area contributed by atoms with Gasteiger partial charge >= 0.3 is 0 Å². The molecule has 1 aromatic carbocycles. The summed E-state index contributed by atoms with van der Waals surface area (Å²) in [6.45, 7) is 0. The molecule has 140 valence electrons. The van der Waals surface area contributed by atoms with Gasteiger partial charge in [0, 0.05) is 33.0 Å². The van der Waals surface area contributed by atoms with Crippen molar-refractivity contribution in [2.45, 2.75) is 12.8 Å². The maximum atomic E-state index is 12.8. The zero-order chi connectivity index (χ0) is 19.5. The highest BCUT2D eigenvalue weighted by Crippen LogP contribution is 2.30. The van der Waals surface area contributed by atoms with Gasteiger partial charge in [0.25, 0.3) is 5.91 Å². The van der Waals surface area contributed by atoms with Crippen LogP contribution in [0.5, 0.6) is 0 Å². The monoisotopic (exact) mass is 484 g/mol. The summed E-state index contributed by atoms with van der Waals surface area (Å²) in [6, 6.07) is 13.1. The second-order valence-corrected chi connectivity index (χ2v) is 7.82. The molecule has 28 heavy (non-hydrogen) atoms. The van der Waals surface area contributed by atoms with Gasteiger partial charge in [-0.2, -0.15) is 0 Å². The Morgan fingerprint density at radius 1 is 1.00 bits per heavy atom. The van der Waals surface area contributed by atoms with Gasteiger partial charge in [0.15, 0.2) is 0 Å². The van der Waals surface area contributed by atoms with Gasteiger partial charge in [0.2, 0.25) is 5.91 Å². The fourth-order valence-electron chi connectivity index (χ4n) is 2.78. The quantitative estimate of drug-likeness (QED) is 0.528. The zero-order valence-electron chi connectivity index (χ0n) is 14.9. The topological polar surface area (TPSA) is 84.0 Å². The van der Waals surface area contributed by atoms with Gasteiger partial charge in [-0.05, 0) is 71.3 Å². The number of halogens is 1. The molecule has 0 bridgehead atoms. The van der Waals surface area contributed by atoms with Crippen molar-refractivity contribution in [1.29, 1.82) is 0 Å². The van der Waals surface area contributed by atoms with Gasteiger partial charge in [-0.1, -0.05) is 12.1 Å². The Labute approximate surface area is 175 Å². The Kier molecular flexibility index (Phi) is 5.34. The van der Waals surface area contributed by atoms with Crippen LogP contribution in [0.25, 0.3) is 11.1 Å². The molecule has 2 amide bonds.